The summed E-state index contributed by atoms with van der Waals surface area (Å²) in [5.74, 6) is -1.44. The van der Waals surface area contributed by atoms with Gasteiger partial charge in [0, 0.05) is 29.4 Å². The number of alkyl halides is 3. The molecule has 2 aromatic heterocycles. The van der Waals surface area contributed by atoms with Crippen molar-refractivity contribution in [2.24, 2.45) is 0 Å². The number of benzene rings is 1. The first kappa shape index (κ1) is 25.8. The Morgan fingerprint density at radius 2 is 1.74 bits per heavy atom. The van der Waals surface area contributed by atoms with Crippen molar-refractivity contribution in [3.05, 3.63) is 76.9 Å². The van der Waals surface area contributed by atoms with Gasteiger partial charge >= 0.3 is 6.18 Å². The smallest absolute Gasteiger partial charge is 0.422 e. The number of nitrogens with zero attached hydrogens (tertiary/aromatic N) is 2. The second kappa shape index (κ2) is 10.6. The number of carbonyl (C=O) groups excluding carboxylic acids is 2. The Bertz CT molecular complexity index is 1230. The SMILES string of the molecule is CC(=O)Cc1cc(C(C)NC(=O)c2ccc(OCC(F)(F)F)nc2-c2ccc(F)cc2)cc(C)n1. The monoisotopic (exact) mass is 489 g/mol. The van der Waals surface area contributed by atoms with E-state index in [1.165, 1.54) is 31.2 Å². The number of ether oxygens (including phenoxy) is 1. The van der Waals surface area contributed by atoms with Crippen LogP contribution in [0, 0.1) is 12.7 Å². The first-order valence-electron chi connectivity index (χ1n) is 10.7. The zero-order chi connectivity index (χ0) is 25.8. The Hall–Kier alpha value is -3.82. The van der Waals surface area contributed by atoms with Gasteiger partial charge in [-0.1, -0.05) is 0 Å². The van der Waals surface area contributed by atoms with E-state index in [2.05, 4.69) is 15.3 Å². The van der Waals surface area contributed by atoms with Gasteiger partial charge in [0.25, 0.3) is 5.91 Å². The van der Waals surface area contributed by atoms with E-state index in [1.807, 2.05) is 0 Å². The summed E-state index contributed by atoms with van der Waals surface area (Å²) in [7, 11) is 0. The Morgan fingerprint density at radius 1 is 1.06 bits per heavy atom. The largest absolute Gasteiger partial charge is 0.468 e. The molecule has 0 aliphatic rings. The molecule has 0 fully saturated rings. The molecule has 0 aliphatic heterocycles. The summed E-state index contributed by atoms with van der Waals surface area (Å²) >= 11 is 0. The molecule has 3 aromatic rings. The van der Waals surface area contributed by atoms with Crippen molar-refractivity contribution in [1.82, 2.24) is 15.3 Å². The number of rotatable bonds is 8. The van der Waals surface area contributed by atoms with E-state index in [0.717, 1.165) is 17.7 Å². The first-order chi connectivity index (χ1) is 16.4. The van der Waals surface area contributed by atoms with E-state index < -0.39 is 30.5 Å². The topological polar surface area (TPSA) is 81.2 Å². The lowest BCUT2D eigenvalue weighted by molar-refractivity contribution is -0.154. The Kier molecular flexibility index (Phi) is 7.83. The predicted molar refractivity (Wildman–Crippen MR) is 120 cm³/mol. The minimum absolute atomic E-state index is 0.0394. The number of carbonyl (C=O) groups is 2. The van der Waals surface area contributed by atoms with Crippen LogP contribution in [-0.4, -0.2) is 34.4 Å². The van der Waals surface area contributed by atoms with Crippen molar-refractivity contribution in [3.8, 4) is 17.1 Å². The van der Waals surface area contributed by atoms with E-state index in [1.54, 1.807) is 26.0 Å². The van der Waals surface area contributed by atoms with Crippen molar-refractivity contribution in [1.29, 1.82) is 0 Å². The van der Waals surface area contributed by atoms with Crippen LogP contribution in [0.2, 0.25) is 0 Å². The second-order valence-corrected chi connectivity index (χ2v) is 8.06. The summed E-state index contributed by atoms with van der Waals surface area (Å²) in [6.45, 7) is 3.43. The number of halogens is 4. The molecule has 0 saturated heterocycles. The molecule has 0 aliphatic carbocycles. The number of aromatic nitrogens is 2. The number of ketones is 1. The van der Waals surface area contributed by atoms with Gasteiger partial charge in [0.2, 0.25) is 5.88 Å². The molecule has 35 heavy (non-hydrogen) atoms. The Labute approximate surface area is 199 Å². The van der Waals surface area contributed by atoms with Crippen LogP contribution in [0.4, 0.5) is 17.6 Å². The van der Waals surface area contributed by atoms with E-state index >= 15 is 0 Å². The highest BCUT2D eigenvalue weighted by Gasteiger charge is 2.29. The maximum Gasteiger partial charge on any atom is 0.422 e. The molecular formula is C25H23F4N3O3. The van der Waals surface area contributed by atoms with Gasteiger partial charge in [-0.2, -0.15) is 13.2 Å². The van der Waals surface area contributed by atoms with Crippen molar-refractivity contribution >= 4 is 11.7 Å². The van der Waals surface area contributed by atoms with Gasteiger partial charge in [-0.15, -0.1) is 0 Å². The molecule has 184 valence electrons. The minimum atomic E-state index is -4.56. The van der Waals surface area contributed by atoms with Crippen LogP contribution in [0.25, 0.3) is 11.3 Å². The maximum absolute atomic E-state index is 13.4. The van der Waals surface area contributed by atoms with Crippen molar-refractivity contribution in [3.63, 3.8) is 0 Å². The zero-order valence-corrected chi connectivity index (χ0v) is 19.2. The van der Waals surface area contributed by atoms with Crippen LogP contribution < -0.4 is 10.1 Å². The minimum Gasteiger partial charge on any atom is -0.468 e. The molecule has 1 aromatic carbocycles. The maximum atomic E-state index is 13.4. The average molecular weight is 489 g/mol. The molecule has 1 N–H and O–H groups in total. The van der Waals surface area contributed by atoms with Gasteiger partial charge in [-0.05, 0) is 68.8 Å². The molecular weight excluding hydrogens is 466 g/mol. The molecule has 10 heteroatoms. The van der Waals surface area contributed by atoms with Crippen LogP contribution in [0.15, 0.2) is 48.5 Å². The summed E-state index contributed by atoms with van der Waals surface area (Å²) in [5, 5.41) is 2.83. The lowest BCUT2D eigenvalue weighted by Gasteiger charge is -2.18. The highest BCUT2D eigenvalue weighted by atomic mass is 19.4. The highest BCUT2D eigenvalue weighted by molar-refractivity contribution is 6.00. The van der Waals surface area contributed by atoms with Crippen molar-refractivity contribution < 1.29 is 31.9 Å². The third kappa shape index (κ3) is 7.33. The molecule has 1 amide bonds. The fourth-order valence-electron chi connectivity index (χ4n) is 3.41. The lowest BCUT2D eigenvalue weighted by Crippen LogP contribution is -2.28. The average Bonchev–Trinajstić information content (AvgIpc) is 2.76. The summed E-state index contributed by atoms with van der Waals surface area (Å²) in [5.41, 5.74) is 2.41. The quantitative estimate of drug-likeness (QED) is 0.443. The van der Waals surface area contributed by atoms with Crippen LogP contribution in [0.3, 0.4) is 0 Å². The Morgan fingerprint density at radius 3 is 2.37 bits per heavy atom. The molecule has 2 heterocycles. The summed E-state index contributed by atoms with van der Waals surface area (Å²) in [6.07, 6.45) is -4.40. The highest BCUT2D eigenvalue weighted by Crippen LogP contribution is 2.27. The second-order valence-electron chi connectivity index (χ2n) is 8.06. The molecule has 3 rings (SSSR count). The molecule has 0 saturated carbocycles. The van der Waals surface area contributed by atoms with E-state index in [-0.39, 0.29) is 29.3 Å². The first-order valence-corrected chi connectivity index (χ1v) is 10.7. The van der Waals surface area contributed by atoms with E-state index in [4.69, 9.17) is 4.74 Å². The van der Waals surface area contributed by atoms with Gasteiger partial charge in [0.1, 0.15) is 11.6 Å². The lowest BCUT2D eigenvalue weighted by atomic mass is 10.0. The molecule has 1 unspecified atom stereocenters. The number of pyridine rings is 2. The number of nitrogens with one attached hydrogen (secondary N) is 1. The standard InChI is InChI=1S/C25H23F4N3O3/c1-14-10-18(12-20(30-14)11-15(2)33)16(3)31-24(34)21-8-9-22(35-13-25(27,28)29)32-23(21)17-4-6-19(26)7-5-17/h4-10,12,16H,11,13H2,1-3H3,(H,31,34). The number of aryl methyl sites for hydroxylation is 1. The van der Waals surface area contributed by atoms with E-state index in [0.29, 0.717) is 17.0 Å². The normalized spacial score (nSPS) is 12.2. The molecule has 0 radical (unpaired) electrons. The number of Topliss-reactive ketones (excluding diaryl/α,β-unsaturated/α-hetero) is 1. The van der Waals surface area contributed by atoms with Gasteiger partial charge in [0.15, 0.2) is 6.61 Å². The fourth-order valence-corrected chi connectivity index (χ4v) is 3.41. The van der Waals surface area contributed by atoms with Gasteiger partial charge in [-0.3, -0.25) is 14.6 Å². The molecule has 0 spiro atoms. The molecule has 6 nitrogen and oxygen atoms in total. The van der Waals surface area contributed by atoms with Gasteiger partial charge in [-0.25, -0.2) is 9.37 Å². The summed E-state index contributed by atoms with van der Waals surface area (Å²) in [4.78, 5) is 33.0. The summed E-state index contributed by atoms with van der Waals surface area (Å²) in [6, 6.07) is 10.5. The van der Waals surface area contributed by atoms with Gasteiger partial charge < -0.3 is 10.1 Å². The van der Waals surface area contributed by atoms with Crippen molar-refractivity contribution in [2.45, 2.75) is 39.4 Å². The fraction of sp³-hybridized carbons (Fsp3) is 0.280. The predicted octanol–water partition coefficient (Wildman–Crippen LogP) is 5.15. The Balaban J connectivity index is 1.91. The number of hydrogen-bond acceptors (Lipinski definition) is 5. The van der Waals surface area contributed by atoms with Crippen LogP contribution in [0.5, 0.6) is 5.88 Å². The van der Waals surface area contributed by atoms with Gasteiger partial charge in [0.05, 0.1) is 17.3 Å². The third-order valence-electron chi connectivity index (χ3n) is 4.92. The van der Waals surface area contributed by atoms with Crippen LogP contribution in [0.1, 0.15) is 47.2 Å². The third-order valence-corrected chi connectivity index (χ3v) is 4.92. The van der Waals surface area contributed by atoms with Crippen molar-refractivity contribution in [2.75, 3.05) is 6.61 Å². The molecule has 1 atom stereocenters. The molecule has 0 bridgehead atoms. The number of hydrogen-bond donors (Lipinski definition) is 1. The zero-order valence-electron chi connectivity index (χ0n) is 19.2. The van der Waals surface area contributed by atoms with Crippen LogP contribution in [-0.2, 0) is 11.2 Å². The summed E-state index contributed by atoms with van der Waals surface area (Å²) < 4.78 is 55.8. The van der Waals surface area contributed by atoms with E-state index in [9.17, 15) is 27.2 Å². The van der Waals surface area contributed by atoms with Crippen LogP contribution >= 0.6 is 0 Å². The number of amides is 1.